The maximum absolute atomic E-state index is 12.9. The third-order valence-electron chi connectivity index (χ3n) is 5.93. The monoisotopic (exact) mass is 490 g/mol. The Bertz CT molecular complexity index is 1440. The van der Waals surface area contributed by atoms with E-state index in [0.29, 0.717) is 40.8 Å². The standard InChI is InChI=1S/C27H26N2O7/c28-35-12-4-2-1-3-11-29-26(32)16-5-8-19(27(33)34)22(13-16)25-20-9-6-17(30)14-23(20)36-24-15-18(31)7-10-21(24)25/h5-10,13-15,30H,1-4,11-12,28H2,(H,29,32)(H,33,34). The van der Waals surface area contributed by atoms with Crippen molar-refractivity contribution in [3.63, 3.8) is 0 Å². The maximum atomic E-state index is 12.9. The zero-order chi connectivity index (χ0) is 25.7. The number of phenols is 1. The Morgan fingerprint density at radius 1 is 0.944 bits per heavy atom. The fourth-order valence-corrected chi connectivity index (χ4v) is 4.20. The van der Waals surface area contributed by atoms with Gasteiger partial charge in [0.25, 0.3) is 5.91 Å². The fourth-order valence-electron chi connectivity index (χ4n) is 4.20. The minimum Gasteiger partial charge on any atom is -0.508 e. The van der Waals surface area contributed by atoms with Crippen LogP contribution in [-0.4, -0.2) is 35.2 Å². The number of rotatable bonds is 10. The van der Waals surface area contributed by atoms with Crippen molar-refractivity contribution in [2.45, 2.75) is 25.7 Å². The molecule has 5 N–H and O–H groups in total. The van der Waals surface area contributed by atoms with Crippen LogP contribution in [0, 0.1) is 0 Å². The van der Waals surface area contributed by atoms with Crippen molar-refractivity contribution in [1.29, 1.82) is 0 Å². The van der Waals surface area contributed by atoms with Crippen LogP contribution < -0.4 is 16.6 Å². The molecule has 186 valence electrons. The summed E-state index contributed by atoms with van der Waals surface area (Å²) in [6.07, 6.45) is 3.48. The van der Waals surface area contributed by atoms with Crippen LogP contribution in [0.3, 0.4) is 0 Å². The Hall–Kier alpha value is -4.21. The van der Waals surface area contributed by atoms with Gasteiger partial charge in [0.1, 0.15) is 17.1 Å². The number of benzene rings is 3. The lowest BCUT2D eigenvalue weighted by Gasteiger charge is -2.17. The summed E-state index contributed by atoms with van der Waals surface area (Å²) in [6, 6.07) is 13.1. The number of nitrogens with one attached hydrogen (secondary N) is 1. The number of carboxylic acid groups (broad SMARTS) is 1. The number of carbonyl (C=O) groups excluding carboxylic acids is 1. The van der Waals surface area contributed by atoms with Gasteiger partial charge in [-0.05, 0) is 60.9 Å². The van der Waals surface area contributed by atoms with Crippen molar-refractivity contribution < 1.29 is 29.1 Å². The molecule has 0 atom stereocenters. The van der Waals surface area contributed by atoms with E-state index < -0.39 is 5.97 Å². The molecule has 0 unspecified atom stereocenters. The first-order valence-corrected chi connectivity index (χ1v) is 11.6. The molecule has 4 rings (SSSR count). The molecule has 36 heavy (non-hydrogen) atoms. The van der Waals surface area contributed by atoms with Gasteiger partial charge in [-0.1, -0.05) is 12.8 Å². The molecule has 1 amide bonds. The highest BCUT2D eigenvalue weighted by atomic mass is 16.6. The summed E-state index contributed by atoms with van der Waals surface area (Å²) in [6.45, 7) is 0.969. The molecule has 2 aliphatic rings. The lowest BCUT2D eigenvalue weighted by molar-refractivity contribution is 0.0697. The van der Waals surface area contributed by atoms with Gasteiger partial charge in [0.15, 0.2) is 5.43 Å². The average molecular weight is 491 g/mol. The second-order valence-electron chi connectivity index (χ2n) is 8.42. The molecule has 0 fully saturated rings. The first-order chi connectivity index (χ1) is 17.4. The highest BCUT2D eigenvalue weighted by Crippen LogP contribution is 2.42. The van der Waals surface area contributed by atoms with Gasteiger partial charge in [0.2, 0.25) is 0 Å². The van der Waals surface area contributed by atoms with Crippen LogP contribution in [0.15, 0.2) is 63.8 Å². The number of carbonyl (C=O) groups is 2. The van der Waals surface area contributed by atoms with Crippen molar-refractivity contribution >= 4 is 22.8 Å². The van der Waals surface area contributed by atoms with Crippen LogP contribution >= 0.6 is 0 Å². The summed E-state index contributed by atoms with van der Waals surface area (Å²) >= 11 is 0. The number of nitrogens with two attached hydrogens (primary N) is 1. The van der Waals surface area contributed by atoms with Crippen LogP contribution in [-0.2, 0) is 4.84 Å². The maximum Gasteiger partial charge on any atom is 0.336 e. The second-order valence-corrected chi connectivity index (χ2v) is 8.42. The van der Waals surface area contributed by atoms with E-state index in [1.165, 1.54) is 42.5 Å². The van der Waals surface area contributed by atoms with Crippen molar-refractivity contribution in [1.82, 2.24) is 5.32 Å². The van der Waals surface area contributed by atoms with Crippen molar-refractivity contribution in [2.24, 2.45) is 5.90 Å². The van der Waals surface area contributed by atoms with Crippen molar-refractivity contribution in [2.75, 3.05) is 13.2 Å². The quantitative estimate of drug-likeness (QED) is 0.147. The molecule has 0 spiro atoms. The zero-order valence-corrected chi connectivity index (χ0v) is 19.5. The fraction of sp³-hybridized carbons (Fsp3) is 0.222. The van der Waals surface area contributed by atoms with Crippen LogP contribution in [0.25, 0.3) is 33.4 Å². The van der Waals surface area contributed by atoms with E-state index in [4.69, 9.17) is 10.3 Å². The summed E-state index contributed by atoms with van der Waals surface area (Å²) in [5, 5.41) is 23.3. The molecular weight excluding hydrogens is 464 g/mol. The summed E-state index contributed by atoms with van der Waals surface area (Å²) in [5.41, 5.74) is 1.57. The van der Waals surface area contributed by atoms with Gasteiger partial charge in [-0.3, -0.25) is 9.59 Å². The summed E-state index contributed by atoms with van der Waals surface area (Å²) in [5.74, 6) is 3.71. The number of aromatic carboxylic acids is 1. The predicted molar refractivity (Wildman–Crippen MR) is 134 cm³/mol. The minimum atomic E-state index is -1.17. The van der Waals surface area contributed by atoms with E-state index in [9.17, 15) is 24.6 Å². The number of phenolic OH excluding ortho intramolecular Hbond substituents is 1. The SMILES string of the molecule is NOCCCCCCNC(=O)c1ccc(C(=O)O)c(-c2c3ccc(=O)cc-3oc3cc(O)ccc23)c1. The van der Waals surface area contributed by atoms with Gasteiger partial charge < -0.3 is 24.8 Å². The molecule has 2 aromatic carbocycles. The third-order valence-corrected chi connectivity index (χ3v) is 5.93. The van der Waals surface area contributed by atoms with Crippen LogP contribution in [0.2, 0.25) is 0 Å². The zero-order valence-electron chi connectivity index (χ0n) is 19.5. The molecule has 9 nitrogen and oxygen atoms in total. The number of carboxylic acids is 1. The highest BCUT2D eigenvalue weighted by molar-refractivity contribution is 6.09. The normalized spacial score (nSPS) is 11.1. The molecule has 0 saturated heterocycles. The molecule has 0 saturated carbocycles. The van der Waals surface area contributed by atoms with Crippen molar-refractivity contribution in [3.05, 3.63) is 75.9 Å². The van der Waals surface area contributed by atoms with Crippen LogP contribution in [0.5, 0.6) is 5.75 Å². The Morgan fingerprint density at radius 3 is 2.53 bits per heavy atom. The molecule has 2 aromatic rings. The second kappa shape index (κ2) is 11.0. The van der Waals surface area contributed by atoms with Gasteiger partial charge in [-0.15, -0.1) is 0 Å². The number of aromatic hydroxyl groups is 1. The Kier molecular flexibility index (Phi) is 7.62. The van der Waals surface area contributed by atoms with E-state index in [2.05, 4.69) is 10.2 Å². The van der Waals surface area contributed by atoms with Crippen molar-refractivity contribution in [3.8, 4) is 28.2 Å². The van der Waals surface area contributed by atoms with Gasteiger partial charge >= 0.3 is 5.97 Å². The van der Waals surface area contributed by atoms with E-state index >= 15 is 0 Å². The van der Waals surface area contributed by atoms with E-state index in [1.807, 2.05) is 0 Å². The molecule has 9 heteroatoms. The number of hydrogen-bond acceptors (Lipinski definition) is 7. The summed E-state index contributed by atoms with van der Waals surface area (Å²) in [4.78, 5) is 41.5. The van der Waals surface area contributed by atoms with Gasteiger partial charge in [0.05, 0.1) is 12.2 Å². The molecular formula is C27H26N2O7. The van der Waals surface area contributed by atoms with E-state index in [0.717, 1.165) is 25.7 Å². The first-order valence-electron chi connectivity index (χ1n) is 11.6. The predicted octanol–water partition coefficient (Wildman–Crippen LogP) is 4.15. The van der Waals surface area contributed by atoms with E-state index in [-0.39, 0.29) is 34.0 Å². The number of fused-ring (bicyclic) bond motifs is 2. The van der Waals surface area contributed by atoms with Gasteiger partial charge in [0, 0.05) is 40.8 Å². The number of amides is 1. The van der Waals surface area contributed by atoms with Crippen LogP contribution in [0.4, 0.5) is 0 Å². The molecule has 1 aliphatic carbocycles. The Balaban J connectivity index is 1.74. The van der Waals surface area contributed by atoms with Gasteiger partial charge in [-0.25, -0.2) is 10.7 Å². The summed E-state index contributed by atoms with van der Waals surface area (Å²) in [7, 11) is 0. The molecule has 0 radical (unpaired) electrons. The largest absolute Gasteiger partial charge is 0.508 e. The molecule has 1 aliphatic heterocycles. The first kappa shape index (κ1) is 24.9. The number of unbranched alkanes of at least 4 members (excludes halogenated alkanes) is 3. The van der Waals surface area contributed by atoms with E-state index in [1.54, 1.807) is 12.1 Å². The highest BCUT2D eigenvalue weighted by Gasteiger charge is 2.23. The lowest BCUT2D eigenvalue weighted by atomic mass is 9.89. The molecule has 1 heterocycles. The lowest BCUT2D eigenvalue weighted by Crippen LogP contribution is -2.24. The summed E-state index contributed by atoms with van der Waals surface area (Å²) < 4.78 is 5.85. The smallest absolute Gasteiger partial charge is 0.336 e. The topological polar surface area (TPSA) is 152 Å². The Morgan fingerprint density at radius 2 is 1.75 bits per heavy atom. The van der Waals surface area contributed by atoms with Gasteiger partial charge in [-0.2, -0.15) is 0 Å². The third kappa shape index (κ3) is 5.37. The average Bonchev–Trinajstić information content (AvgIpc) is 2.86. The minimum absolute atomic E-state index is 0.0123. The number of hydrogen-bond donors (Lipinski definition) is 4. The van der Waals surface area contributed by atoms with Crippen LogP contribution in [0.1, 0.15) is 46.4 Å². The Labute approximate surface area is 206 Å². The molecule has 0 aromatic heterocycles. The molecule has 0 bridgehead atoms.